The van der Waals surface area contributed by atoms with E-state index in [1.54, 1.807) is 6.08 Å². The van der Waals surface area contributed by atoms with E-state index in [1.165, 1.54) is 141 Å². The second kappa shape index (κ2) is 43.0. The minimum absolute atomic E-state index is 0.239. The van der Waals surface area contributed by atoms with Gasteiger partial charge in [0.05, 0.1) is 38.6 Å². The van der Waals surface area contributed by atoms with Crippen molar-refractivity contribution in [3.63, 3.8) is 0 Å². The Morgan fingerprint density at radius 1 is 0.449 bits per heavy atom. The van der Waals surface area contributed by atoms with Gasteiger partial charge in [0.25, 0.3) is 0 Å². The Kier molecular flexibility index (Phi) is 38.9. The van der Waals surface area contributed by atoms with Gasteiger partial charge in [-0.25, -0.2) is 0 Å². The molecule has 3 rings (SSSR count). The predicted octanol–water partition coefficient (Wildman–Crippen LogP) is 5.54. The first-order chi connectivity index (χ1) is 37.8. The number of unbranched alkanes of at least 4 members (excludes halogenated alkanes) is 27. The third-order valence-corrected chi connectivity index (χ3v) is 15.5. The maximum atomic E-state index is 13.3. The molecule has 3 saturated heterocycles. The Hall–Kier alpha value is -1.73. The fourth-order valence-corrected chi connectivity index (χ4v) is 10.4. The van der Waals surface area contributed by atoms with E-state index in [0.29, 0.717) is 12.8 Å². The summed E-state index contributed by atoms with van der Waals surface area (Å²) in [5.41, 5.74) is 0. The molecule has 78 heavy (non-hydrogen) atoms. The first-order valence-electron chi connectivity index (χ1n) is 30.6. The van der Waals surface area contributed by atoms with Gasteiger partial charge in [0.1, 0.15) is 73.2 Å². The number of carbonyl (C=O) groups excluding carboxylic acids is 1. The fraction of sp³-hybridized carbons (Fsp3) is 0.915. The van der Waals surface area contributed by atoms with Crippen LogP contribution in [0.5, 0.6) is 0 Å². The number of rotatable bonds is 45. The minimum Gasteiger partial charge on any atom is -0.394 e. The maximum absolute atomic E-state index is 13.3. The number of hydrogen-bond donors (Lipinski definition) is 12. The van der Waals surface area contributed by atoms with E-state index in [1.807, 2.05) is 6.08 Å². The second-order valence-electron chi connectivity index (χ2n) is 22.2. The van der Waals surface area contributed by atoms with Gasteiger partial charge in [-0.15, -0.1) is 0 Å². The van der Waals surface area contributed by atoms with Crippen molar-refractivity contribution in [1.29, 1.82) is 0 Å². The van der Waals surface area contributed by atoms with Crippen LogP contribution in [0, 0.1) is 0 Å². The summed E-state index contributed by atoms with van der Waals surface area (Å²) in [5.74, 6) is -0.285. The molecule has 17 unspecified atom stereocenters. The average molecular weight is 1120 g/mol. The highest BCUT2D eigenvalue weighted by molar-refractivity contribution is 5.76. The minimum atomic E-state index is -1.98. The van der Waals surface area contributed by atoms with Gasteiger partial charge in [-0.1, -0.05) is 199 Å². The van der Waals surface area contributed by atoms with Crippen LogP contribution in [0.1, 0.15) is 213 Å². The number of aliphatic hydroxyl groups is 11. The molecule has 0 aliphatic carbocycles. The summed E-state index contributed by atoms with van der Waals surface area (Å²) in [7, 11) is 0. The molecule has 0 saturated carbocycles. The summed E-state index contributed by atoms with van der Waals surface area (Å²) in [5, 5.41) is 120. The van der Waals surface area contributed by atoms with Crippen LogP contribution in [0.25, 0.3) is 0 Å². The average Bonchev–Trinajstić information content (AvgIpc) is 3.43. The highest BCUT2D eigenvalue weighted by Crippen LogP contribution is 2.33. The Bertz CT molecular complexity index is 1530. The zero-order chi connectivity index (χ0) is 56.9. The van der Waals surface area contributed by atoms with Crippen molar-refractivity contribution in [2.45, 2.75) is 317 Å². The standard InChI is InChI=1S/C59H109NO18/c1-3-5-7-9-11-13-15-17-18-19-20-21-22-23-24-25-26-28-30-32-34-36-43(64)42(60-47(65)37-35-33-31-29-27-16-14-12-10-8-6-4-2)41-73-57-53(71)50(68)55(45(39-62)75-57)78-59-54(72)51(69)56(46(40-63)76-59)77-58-52(70)49(67)48(66)44(38-61)74-58/h26,28,34,36,42-46,48-59,61-64,66-72H,3-25,27,29-33,35,37-41H2,1-2H3,(H,60,65)/b28-26+,36-34+. The molecule has 3 fully saturated rings. The molecule has 0 bridgehead atoms. The number of allylic oxidation sites excluding steroid dienone is 3. The maximum Gasteiger partial charge on any atom is 0.220 e. The van der Waals surface area contributed by atoms with Crippen LogP contribution in [-0.4, -0.2) is 193 Å². The molecule has 0 aromatic rings. The lowest BCUT2D eigenvalue weighted by Crippen LogP contribution is -2.66. The molecule has 3 aliphatic rings. The van der Waals surface area contributed by atoms with Crippen molar-refractivity contribution in [3.8, 4) is 0 Å². The zero-order valence-electron chi connectivity index (χ0n) is 47.7. The molecule has 1 amide bonds. The number of hydrogen-bond acceptors (Lipinski definition) is 18. The highest BCUT2D eigenvalue weighted by Gasteiger charge is 2.53. The van der Waals surface area contributed by atoms with Gasteiger partial charge >= 0.3 is 0 Å². The van der Waals surface area contributed by atoms with Gasteiger partial charge in [0.2, 0.25) is 5.91 Å². The van der Waals surface area contributed by atoms with Crippen molar-refractivity contribution in [2.24, 2.45) is 0 Å². The van der Waals surface area contributed by atoms with Crippen LogP contribution in [0.2, 0.25) is 0 Å². The van der Waals surface area contributed by atoms with Crippen LogP contribution >= 0.6 is 0 Å². The Labute approximate surface area is 467 Å². The molecular weight excluding hydrogens is 1010 g/mol. The SMILES string of the molecule is CCCCCCCCCCCCCCCCC/C=C/CC/C=C/C(O)C(COC1OC(CO)C(OC2OC(CO)C(OC3OC(CO)C(O)C(O)C3O)C(O)C2O)C(O)C1O)NC(=O)CCCCCCCCCCCCCC. The molecule has 19 heteroatoms. The summed E-state index contributed by atoms with van der Waals surface area (Å²) in [4.78, 5) is 13.3. The number of ether oxygens (including phenoxy) is 6. The van der Waals surface area contributed by atoms with E-state index in [0.717, 1.165) is 38.5 Å². The highest BCUT2D eigenvalue weighted by atomic mass is 16.8. The van der Waals surface area contributed by atoms with E-state index in [9.17, 15) is 61.0 Å². The van der Waals surface area contributed by atoms with Crippen molar-refractivity contribution in [1.82, 2.24) is 5.32 Å². The van der Waals surface area contributed by atoms with Crippen molar-refractivity contribution >= 4 is 5.91 Å². The molecule has 19 nitrogen and oxygen atoms in total. The van der Waals surface area contributed by atoms with Crippen molar-refractivity contribution < 1.29 is 89.4 Å². The second-order valence-corrected chi connectivity index (χ2v) is 22.2. The van der Waals surface area contributed by atoms with Crippen LogP contribution < -0.4 is 5.32 Å². The third kappa shape index (κ3) is 26.7. The Balaban J connectivity index is 1.50. The summed E-state index contributed by atoms with van der Waals surface area (Å²) in [6.45, 7) is 1.70. The summed E-state index contributed by atoms with van der Waals surface area (Å²) >= 11 is 0. The van der Waals surface area contributed by atoms with Gasteiger partial charge in [0.15, 0.2) is 18.9 Å². The smallest absolute Gasteiger partial charge is 0.220 e. The van der Waals surface area contributed by atoms with Crippen molar-refractivity contribution in [2.75, 3.05) is 26.4 Å². The lowest BCUT2D eigenvalue weighted by Gasteiger charge is -2.48. The lowest BCUT2D eigenvalue weighted by molar-refractivity contribution is -0.379. The molecule has 17 atom stereocenters. The van der Waals surface area contributed by atoms with Gasteiger partial charge in [-0.3, -0.25) is 4.79 Å². The normalized spacial score (nSPS) is 30.6. The molecule has 0 aromatic carbocycles. The molecule has 0 spiro atoms. The number of aliphatic hydroxyl groups excluding tert-OH is 11. The molecule has 0 radical (unpaired) electrons. The largest absolute Gasteiger partial charge is 0.394 e. The predicted molar refractivity (Wildman–Crippen MR) is 296 cm³/mol. The topological polar surface area (TPSA) is 307 Å². The van der Waals surface area contributed by atoms with Crippen LogP contribution in [-0.2, 0) is 33.2 Å². The van der Waals surface area contributed by atoms with E-state index in [4.69, 9.17) is 28.4 Å². The molecule has 0 aromatic heterocycles. The lowest BCUT2D eigenvalue weighted by atomic mass is 9.96. The first-order valence-corrected chi connectivity index (χ1v) is 30.6. The third-order valence-electron chi connectivity index (χ3n) is 15.5. The van der Waals surface area contributed by atoms with Gasteiger partial charge in [0, 0.05) is 6.42 Å². The van der Waals surface area contributed by atoms with E-state index >= 15 is 0 Å². The monoisotopic (exact) mass is 1120 g/mol. The van der Waals surface area contributed by atoms with Gasteiger partial charge in [-0.05, 0) is 32.1 Å². The number of nitrogens with one attached hydrogen (secondary N) is 1. The zero-order valence-corrected chi connectivity index (χ0v) is 47.7. The Morgan fingerprint density at radius 3 is 1.28 bits per heavy atom. The van der Waals surface area contributed by atoms with Gasteiger partial charge < -0.3 is 89.9 Å². The molecule has 458 valence electrons. The first kappa shape index (κ1) is 70.5. The van der Waals surface area contributed by atoms with E-state index < -0.39 is 124 Å². The Morgan fingerprint density at radius 2 is 0.821 bits per heavy atom. The molecule has 3 heterocycles. The van der Waals surface area contributed by atoms with Crippen LogP contribution in [0.4, 0.5) is 0 Å². The van der Waals surface area contributed by atoms with Crippen LogP contribution in [0.3, 0.4) is 0 Å². The molecule has 12 N–H and O–H groups in total. The molecule has 3 aliphatic heterocycles. The fourth-order valence-electron chi connectivity index (χ4n) is 10.4. The summed E-state index contributed by atoms with van der Waals surface area (Å²) in [6, 6.07) is -0.984. The molecular formula is C59H109NO18. The van der Waals surface area contributed by atoms with E-state index in [-0.39, 0.29) is 18.9 Å². The number of amides is 1. The quantitative estimate of drug-likeness (QED) is 0.0263. The van der Waals surface area contributed by atoms with Crippen molar-refractivity contribution in [3.05, 3.63) is 24.3 Å². The van der Waals surface area contributed by atoms with E-state index in [2.05, 4.69) is 31.3 Å². The van der Waals surface area contributed by atoms with Crippen LogP contribution in [0.15, 0.2) is 24.3 Å². The van der Waals surface area contributed by atoms with Gasteiger partial charge in [-0.2, -0.15) is 0 Å². The summed E-state index contributed by atoms with van der Waals surface area (Å²) < 4.78 is 34.2. The number of carbonyl (C=O) groups is 1. The summed E-state index contributed by atoms with van der Waals surface area (Å²) in [6.07, 6.45) is 17.4.